The molecule has 1 amide bonds. The van der Waals surface area contributed by atoms with Gasteiger partial charge in [-0.15, -0.1) is 5.92 Å². The number of aromatic amines is 1. The lowest BCUT2D eigenvalue weighted by molar-refractivity contribution is 0.0240. The molecule has 1 N–H and O–H groups in total. The number of rotatable bonds is 1. The summed E-state index contributed by atoms with van der Waals surface area (Å²) in [6.07, 6.45) is 1.18. The summed E-state index contributed by atoms with van der Waals surface area (Å²) in [6, 6.07) is 11.8. The molecule has 0 bridgehead atoms. The number of aromatic nitrogens is 1. The Balaban J connectivity index is 1.44. The standard InChI is InChI=1S/C33H34N4O4/c1-5-6-22-18-24-25(19-27(22)36-11-13-37(14-12-36)31(39)41-32(2,3)4)33(9-15-40-16-10-33)30-28(29(24)38)23-8-7-21(20-34)17-26(23)35-30/h7-8,17-19,35H,9-16H2,1-4H3. The van der Waals surface area contributed by atoms with Crippen molar-refractivity contribution in [3.05, 3.63) is 63.8 Å². The second-order valence-electron chi connectivity index (χ2n) is 12.0. The number of piperazine rings is 1. The molecule has 0 radical (unpaired) electrons. The van der Waals surface area contributed by atoms with Gasteiger partial charge in [-0.05, 0) is 70.4 Å². The summed E-state index contributed by atoms with van der Waals surface area (Å²) in [5.41, 5.74) is 5.45. The molecule has 2 aliphatic heterocycles. The molecule has 1 aliphatic carbocycles. The van der Waals surface area contributed by atoms with Crippen molar-refractivity contribution < 1.29 is 19.1 Å². The molecule has 8 nitrogen and oxygen atoms in total. The molecule has 0 unspecified atom stereocenters. The van der Waals surface area contributed by atoms with Crippen molar-refractivity contribution in [2.24, 2.45) is 0 Å². The van der Waals surface area contributed by atoms with Gasteiger partial charge in [-0.25, -0.2) is 4.79 Å². The Morgan fingerprint density at radius 3 is 2.49 bits per heavy atom. The number of ether oxygens (including phenoxy) is 2. The molecule has 3 aliphatic rings. The predicted octanol–water partition coefficient (Wildman–Crippen LogP) is 5.11. The molecule has 8 heteroatoms. The van der Waals surface area contributed by atoms with E-state index in [1.807, 2.05) is 39.0 Å². The summed E-state index contributed by atoms with van der Waals surface area (Å²) >= 11 is 0. The van der Waals surface area contributed by atoms with Crippen LogP contribution in [0.3, 0.4) is 0 Å². The molecule has 0 saturated carbocycles. The van der Waals surface area contributed by atoms with Gasteiger partial charge < -0.3 is 24.3 Å². The maximum atomic E-state index is 14.2. The SMILES string of the molecule is CC#Cc1cc2c(cc1N1CCN(C(=O)OC(C)(C)C)CC1)C1(CCOCC1)c1[nH]c3cc(C#N)ccc3c1C2=O. The summed E-state index contributed by atoms with van der Waals surface area (Å²) in [7, 11) is 0. The van der Waals surface area contributed by atoms with Crippen LogP contribution in [0.1, 0.15) is 78.8 Å². The number of anilines is 1. The Bertz CT molecular complexity index is 1660. The van der Waals surface area contributed by atoms with Gasteiger partial charge in [0.2, 0.25) is 0 Å². The summed E-state index contributed by atoms with van der Waals surface area (Å²) in [4.78, 5) is 34.5. The fourth-order valence-corrected chi connectivity index (χ4v) is 6.50. The summed E-state index contributed by atoms with van der Waals surface area (Å²) in [5.74, 6) is 6.26. The molecule has 41 heavy (non-hydrogen) atoms. The number of nitrogens with zero attached hydrogens (tertiary/aromatic N) is 3. The van der Waals surface area contributed by atoms with Crippen molar-refractivity contribution in [2.45, 2.75) is 51.6 Å². The smallest absolute Gasteiger partial charge is 0.410 e. The largest absolute Gasteiger partial charge is 0.444 e. The zero-order valence-electron chi connectivity index (χ0n) is 24.0. The van der Waals surface area contributed by atoms with E-state index in [9.17, 15) is 14.9 Å². The summed E-state index contributed by atoms with van der Waals surface area (Å²) in [6.45, 7) is 10.9. The van der Waals surface area contributed by atoms with Crippen LogP contribution in [0.5, 0.6) is 0 Å². The number of carbonyl (C=O) groups excluding carboxylic acids is 2. The third kappa shape index (κ3) is 4.53. The second kappa shape index (κ2) is 9.98. The predicted molar refractivity (Wildman–Crippen MR) is 156 cm³/mol. The quantitative estimate of drug-likeness (QED) is 0.423. The number of benzene rings is 2. The fraction of sp³-hybridized carbons (Fsp3) is 0.424. The van der Waals surface area contributed by atoms with Crippen LogP contribution in [-0.4, -0.2) is 66.8 Å². The highest BCUT2D eigenvalue weighted by atomic mass is 16.6. The average molecular weight is 551 g/mol. The Kier molecular flexibility index (Phi) is 6.55. The van der Waals surface area contributed by atoms with Gasteiger partial charge in [-0.1, -0.05) is 12.0 Å². The Morgan fingerprint density at radius 1 is 1.10 bits per heavy atom. The molecule has 2 fully saturated rings. The Labute approximate surface area is 240 Å². The summed E-state index contributed by atoms with van der Waals surface area (Å²) in [5, 5.41) is 10.3. The molecule has 1 spiro atoms. The van der Waals surface area contributed by atoms with Crippen molar-refractivity contribution in [3.63, 3.8) is 0 Å². The van der Waals surface area contributed by atoms with Crippen molar-refractivity contribution in [2.75, 3.05) is 44.3 Å². The van der Waals surface area contributed by atoms with Crippen molar-refractivity contribution in [1.29, 1.82) is 5.26 Å². The molecule has 210 valence electrons. The van der Waals surface area contributed by atoms with E-state index in [4.69, 9.17) is 9.47 Å². The number of nitriles is 1. The van der Waals surface area contributed by atoms with E-state index in [1.54, 1.807) is 17.9 Å². The number of amides is 1. The van der Waals surface area contributed by atoms with E-state index in [0.29, 0.717) is 56.1 Å². The first-order valence-corrected chi connectivity index (χ1v) is 14.2. The van der Waals surface area contributed by atoms with Crippen LogP contribution in [0.2, 0.25) is 0 Å². The van der Waals surface area contributed by atoms with Gasteiger partial charge in [0.05, 0.1) is 22.9 Å². The molecule has 2 saturated heterocycles. The van der Waals surface area contributed by atoms with Gasteiger partial charge in [0.1, 0.15) is 5.60 Å². The average Bonchev–Trinajstić information content (AvgIpc) is 3.35. The zero-order valence-corrected chi connectivity index (χ0v) is 24.0. The number of ketones is 1. The number of nitrogens with one attached hydrogen (secondary N) is 1. The van der Waals surface area contributed by atoms with Crippen LogP contribution >= 0.6 is 0 Å². The van der Waals surface area contributed by atoms with Gasteiger partial charge in [0.15, 0.2) is 5.78 Å². The van der Waals surface area contributed by atoms with Crippen LogP contribution < -0.4 is 4.90 Å². The van der Waals surface area contributed by atoms with Gasteiger partial charge >= 0.3 is 6.09 Å². The van der Waals surface area contributed by atoms with E-state index in [0.717, 1.165) is 46.3 Å². The topological polar surface area (TPSA) is 98.7 Å². The Morgan fingerprint density at radius 2 is 1.83 bits per heavy atom. The molecule has 1 aromatic heterocycles. The number of hydrogen-bond donors (Lipinski definition) is 1. The van der Waals surface area contributed by atoms with Gasteiger partial charge in [-0.2, -0.15) is 5.26 Å². The highest BCUT2D eigenvalue weighted by Gasteiger charge is 2.47. The van der Waals surface area contributed by atoms with Crippen molar-refractivity contribution in [3.8, 4) is 17.9 Å². The van der Waals surface area contributed by atoms with E-state index >= 15 is 0 Å². The lowest BCUT2D eigenvalue weighted by atomic mass is 9.64. The minimum absolute atomic E-state index is 0.0245. The molecule has 2 aromatic carbocycles. The van der Waals surface area contributed by atoms with E-state index in [2.05, 4.69) is 33.9 Å². The van der Waals surface area contributed by atoms with Crippen LogP contribution in [0.4, 0.5) is 10.5 Å². The molecular weight excluding hydrogens is 516 g/mol. The number of hydrogen-bond acceptors (Lipinski definition) is 6. The molecule has 3 heterocycles. The van der Waals surface area contributed by atoms with Crippen LogP contribution in [0.25, 0.3) is 10.9 Å². The van der Waals surface area contributed by atoms with Crippen LogP contribution in [0.15, 0.2) is 30.3 Å². The first kappa shape index (κ1) is 26.9. The zero-order chi connectivity index (χ0) is 28.9. The van der Waals surface area contributed by atoms with Gasteiger partial charge in [0, 0.05) is 72.5 Å². The number of fused-ring (bicyclic) bond motifs is 6. The minimum atomic E-state index is -0.543. The molecular formula is C33H34N4O4. The lowest BCUT2D eigenvalue weighted by Gasteiger charge is -2.43. The number of H-pyrrole nitrogens is 1. The van der Waals surface area contributed by atoms with Crippen LogP contribution in [0, 0.1) is 23.2 Å². The van der Waals surface area contributed by atoms with Gasteiger partial charge in [0.25, 0.3) is 0 Å². The first-order chi connectivity index (χ1) is 19.6. The highest BCUT2D eigenvalue weighted by molar-refractivity contribution is 6.20. The van der Waals surface area contributed by atoms with E-state index in [-0.39, 0.29) is 11.9 Å². The third-order valence-corrected chi connectivity index (χ3v) is 8.41. The second-order valence-corrected chi connectivity index (χ2v) is 12.0. The molecule has 6 rings (SSSR count). The van der Waals surface area contributed by atoms with E-state index in [1.165, 1.54) is 0 Å². The van der Waals surface area contributed by atoms with Crippen LogP contribution in [-0.2, 0) is 14.9 Å². The number of carbonyl (C=O) groups is 2. The lowest BCUT2D eigenvalue weighted by Crippen LogP contribution is -2.50. The fourth-order valence-electron chi connectivity index (χ4n) is 6.50. The molecule has 3 aromatic rings. The van der Waals surface area contributed by atoms with E-state index < -0.39 is 11.0 Å². The maximum Gasteiger partial charge on any atom is 0.410 e. The maximum absolute atomic E-state index is 14.2. The normalized spacial score (nSPS) is 17.9. The molecule has 0 atom stereocenters. The highest BCUT2D eigenvalue weighted by Crippen LogP contribution is 2.50. The third-order valence-electron chi connectivity index (χ3n) is 8.41. The minimum Gasteiger partial charge on any atom is -0.444 e. The monoisotopic (exact) mass is 550 g/mol. The first-order valence-electron chi connectivity index (χ1n) is 14.2. The van der Waals surface area contributed by atoms with Crippen molar-refractivity contribution in [1.82, 2.24) is 9.88 Å². The van der Waals surface area contributed by atoms with Crippen molar-refractivity contribution >= 4 is 28.5 Å². The Hall–Kier alpha value is -4.27. The summed E-state index contributed by atoms with van der Waals surface area (Å²) < 4.78 is 11.4. The van der Waals surface area contributed by atoms with Gasteiger partial charge in [-0.3, -0.25) is 4.79 Å².